The van der Waals surface area contributed by atoms with Gasteiger partial charge in [0.15, 0.2) is 9.84 Å². The van der Waals surface area contributed by atoms with Crippen LogP contribution in [-0.4, -0.2) is 34.2 Å². The van der Waals surface area contributed by atoms with Crippen molar-refractivity contribution >= 4 is 25.8 Å². The van der Waals surface area contributed by atoms with E-state index in [0.29, 0.717) is 5.92 Å². The van der Waals surface area contributed by atoms with Crippen molar-refractivity contribution in [3.05, 3.63) is 29.8 Å². The topological polar surface area (TPSA) is 109 Å². The van der Waals surface area contributed by atoms with Crippen molar-refractivity contribution in [2.45, 2.75) is 49.3 Å². The van der Waals surface area contributed by atoms with Crippen molar-refractivity contribution in [3.8, 4) is 0 Å². The minimum Gasteiger partial charge on any atom is -0.277 e. The molecule has 26 heavy (non-hydrogen) atoms. The molecule has 2 fully saturated rings. The van der Waals surface area contributed by atoms with Gasteiger partial charge >= 0.3 is 0 Å². The van der Waals surface area contributed by atoms with Crippen LogP contribution in [0.5, 0.6) is 0 Å². The monoisotopic (exact) mass is 400 g/mol. The highest BCUT2D eigenvalue weighted by molar-refractivity contribution is 7.91. The van der Waals surface area contributed by atoms with Gasteiger partial charge in [0.05, 0.1) is 22.3 Å². The molecule has 2 aliphatic rings. The van der Waals surface area contributed by atoms with Gasteiger partial charge in [-0.15, -0.1) is 4.83 Å². The molecule has 1 aromatic rings. The summed E-state index contributed by atoms with van der Waals surface area (Å²) in [6.07, 6.45) is 6.14. The Morgan fingerprint density at radius 3 is 2.23 bits per heavy atom. The SMILES string of the molecule is O=C(NNS(=O)(=O)c1ccc(C2CCCCC2)cc1)[C@H]1CCS(=O)(=O)C1. The van der Waals surface area contributed by atoms with Gasteiger partial charge in [0, 0.05) is 0 Å². The molecule has 0 radical (unpaired) electrons. The van der Waals surface area contributed by atoms with E-state index >= 15 is 0 Å². The van der Waals surface area contributed by atoms with Crippen molar-refractivity contribution in [1.29, 1.82) is 0 Å². The molecule has 2 N–H and O–H groups in total. The first-order valence-corrected chi connectivity index (χ1v) is 12.2. The zero-order valence-corrected chi connectivity index (χ0v) is 16.1. The molecule has 1 saturated carbocycles. The Balaban J connectivity index is 1.60. The number of benzene rings is 1. The molecule has 0 aromatic heterocycles. The maximum absolute atomic E-state index is 12.3. The van der Waals surface area contributed by atoms with E-state index in [1.54, 1.807) is 12.1 Å². The minimum absolute atomic E-state index is 0.0412. The number of carbonyl (C=O) groups excluding carboxylic acids is 1. The smallest absolute Gasteiger partial charge is 0.257 e. The van der Waals surface area contributed by atoms with Crippen molar-refractivity contribution in [3.63, 3.8) is 0 Å². The molecule has 0 spiro atoms. The van der Waals surface area contributed by atoms with Crippen LogP contribution in [0.15, 0.2) is 29.2 Å². The van der Waals surface area contributed by atoms with Crippen LogP contribution in [0.3, 0.4) is 0 Å². The highest BCUT2D eigenvalue weighted by atomic mass is 32.2. The lowest BCUT2D eigenvalue weighted by atomic mass is 9.84. The number of carbonyl (C=O) groups is 1. The molecule has 0 unspecified atom stereocenters. The summed E-state index contributed by atoms with van der Waals surface area (Å²) in [6, 6.07) is 6.74. The molecule has 1 aromatic carbocycles. The van der Waals surface area contributed by atoms with Gasteiger partial charge in [-0.3, -0.25) is 10.2 Å². The fraction of sp³-hybridized carbons (Fsp3) is 0.588. The molecule has 1 amide bonds. The van der Waals surface area contributed by atoms with E-state index in [1.807, 2.05) is 12.1 Å². The third-order valence-corrected chi connectivity index (χ3v) is 8.21. The van der Waals surface area contributed by atoms with E-state index in [4.69, 9.17) is 0 Å². The first-order valence-electron chi connectivity index (χ1n) is 8.89. The quantitative estimate of drug-likeness (QED) is 0.728. The van der Waals surface area contributed by atoms with Gasteiger partial charge in [-0.1, -0.05) is 31.4 Å². The number of hydrazine groups is 1. The van der Waals surface area contributed by atoms with Gasteiger partial charge in [0.2, 0.25) is 5.91 Å². The number of amides is 1. The van der Waals surface area contributed by atoms with E-state index < -0.39 is 31.7 Å². The first kappa shape index (κ1) is 19.3. The molecule has 1 atom stereocenters. The summed E-state index contributed by atoms with van der Waals surface area (Å²) < 4.78 is 47.5. The summed E-state index contributed by atoms with van der Waals surface area (Å²) in [6.45, 7) is 0. The van der Waals surface area contributed by atoms with Crippen molar-refractivity contribution < 1.29 is 21.6 Å². The Kier molecular flexibility index (Phi) is 5.69. The van der Waals surface area contributed by atoms with Crippen LogP contribution in [-0.2, 0) is 24.7 Å². The Bertz CT molecular complexity index is 857. The number of nitrogens with one attached hydrogen (secondary N) is 2. The van der Waals surface area contributed by atoms with Crippen molar-refractivity contribution in [2.75, 3.05) is 11.5 Å². The summed E-state index contributed by atoms with van der Waals surface area (Å²) in [5.41, 5.74) is 3.28. The highest BCUT2D eigenvalue weighted by Crippen LogP contribution is 2.32. The summed E-state index contributed by atoms with van der Waals surface area (Å²) >= 11 is 0. The third-order valence-electron chi connectivity index (χ3n) is 5.18. The van der Waals surface area contributed by atoms with Crippen LogP contribution >= 0.6 is 0 Å². The first-order chi connectivity index (χ1) is 12.3. The van der Waals surface area contributed by atoms with Crippen LogP contribution in [0.1, 0.15) is 50.0 Å². The van der Waals surface area contributed by atoms with Gasteiger partial charge < -0.3 is 0 Å². The Morgan fingerprint density at radius 2 is 1.65 bits per heavy atom. The van der Waals surface area contributed by atoms with Crippen molar-refractivity contribution in [1.82, 2.24) is 10.3 Å². The van der Waals surface area contributed by atoms with Crippen LogP contribution < -0.4 is 10.3 Å². The second-order valence-corrected chi connectivity index (χ2v) is 11.0. The predicted molar refractivity (Wildman–Crippen MR) is 97.5 cm³/mol. The molecule has 1 aliphatic heterocycles. The average molecular weight is 401 g/mol. The summed E-state index contributed by atoms with van der Waals surface area (Å²) in [4.78, 5) is 14.1. The van der Waals surface area contributed by atoms with Gasteiger partial charge in [-0.25, -0.2) is 16.8 Å². The van der Waals surface area contributed by atoms with Gasteiger partial charge in [-0.2, -0.15) is 0 Å². The maximum Gasteiger partial charge on any atom is 0.257 e. The van der Waals surface area contributed by atoms with Crippen LogP contribution in [0.25, 0.3) is 0 Å². The number of sulfone groups is 1. The Hall–Kier alpha value is -1.45. The summed E-state index contributed by atoms with van der Waals surface area (Å²) in [5, 5.41) is 0. The van der Waals surface area contributed by atoms with Crippen LogP contribution in [0.2, 0.25) is 0 Å². The standard InChI is InChI=1S/C17H24N2O5S2/c20-17(15-10-11-25(21,22)12-15)18-19-26(23,24)16-8-6-14(7-9-16)13-4-2-1-3-5-13/h6-9,13,15,19H,1-5,10-12H2,(H,18,20)/t15-/m0/s1. The van der Waals surface area contributed by atoms with Crippen LogP contribution in [0.4, 0.5) is 0 Å². The predicted octanol–water partition coefficient (Wildman–Crippen LogP) is 1.48. The molecule has 144 valence electrons. The minimum atomic E-state index is -3.89. The van der Waals surface area contributed by atoms with E-state index in [0.717, 1.165) is 18.4 Å². The second kappa shape index (κ2) is 7.66. The number of hydrogen-bond acceptors (Lipinski definition) is 5. The van der Waals surface area contributed by atoms with Gasteiger partial charge in [-0.05, 0) is 42.9 Å². The summed E-state index contributed by atoms with van der Waals surface area (Å²) in [7, 11) is -7.09. The number of hydrogen-bond donors (Lipinski definition) is 2. The zero-order chi connectivity index (χ0) is 18.8. The molecule has 9 heteroatoms. The molecular formula is C17H24N2O5S2. The normalized spacial score (nSPS) is 23.6. The fourth-order valence-electron chi connectivity index (χ4n) is 3.64. The molecule has 3 rings (SSSR count). The van der Waals surface area contributed by atoms with Gasteiger partial charge in [0.1, 0.15) is 0 Å². The molecule has 1 heterocycles. The number of rotatable bonds is 5. The lowest BCUT2D eigenvalue weighted by Gasteiger charge is -2.22. The second-order valence-electron chi connectivity index (χ2n) is 7.10. The summed E-state index contributed by atoms with van der Waals surface area (Å²) in [5.74, 6) is -1.13. The highest BCUT2D eigenvalue weighted by Gasteiger charge is 2.33. The lowest BCUT2D eigenvalue weighted by molar-refractivity contribution is -0.124. The Labute approximate surface area is 154 Å². The molecule has 0 bridgehead atoms. The van der Waals surface area contributed by atoms with Crippen LogP contribution in [0, 0.1) is 5.92 Å². The largest absolute Gasteiger partial charge is 0.277 e. The molecule has 1 saturated heterocycles. The zero-order valence-electron chi connectivity index (χ0n) is 14.5. The number of sulfonamides is 1. The third kappa shape index (κ3) is 4.63. The Morgan fingerprint density at radius 1 is 1.00 bits per heavy atom. The van der Waals surface area contributed by atoms with Crippen molar-refractivity contribution in [2.24, 2.45) is 5.92 Å². The molecule has 7 nitrogen and oxygen atoms in total. The van der Waals surface area contributed by atoms with E-state index in [1.165, 1.54) is 19.3 Å². The average Bonchev–Trinajstić information content (AvgIpc) is 3.00. The molecular weight excluding hydrogens is 376 g/mol. The van der Waals surface area contributed by atoms with E-state index in [2.05, 4.69) is 10.3 Å². The molecule has 1 aliphatic carbocycles. The van der Waals surface area contributed by atoms with Gasteiger partial charge in [0.25, 0.3) is 10.0 Å². The lowest BCUT2D eigenvalue weighted by Crippen LogP contribution is -2.44. The fourth-order valence-corrected chi connectivity index (χ4v) is 6.22. The van der Waals surface area contributed by atoms with E-state index in [9.17, 15) is 21.6 Å². The van der Waals surface area contributed by atoms with E-state index in [-0.39, 0.29) is 22.8 Å². The maximum atomic E-state index is 12.3.